The Morgan fingerprint density at radius 1 is 1.38 bits per heavy atom. The zero-order chi connectivity index (χ0) is 12.3. The largest absolute Gasteiger partial charge is 0.573 e. The van der Waals surface area contributed by atoms with Gasteiger partial charge in [0.2, 0.25) is 0 Å². The Hall–Kier alpha value is -1.37. The van der Waals surface area contributed by atoms with Crippen molar-refractivity contribution in [1.82, 2.24) is 0 Å². The van der Waals surface area contributed by atoms with Crippen LogP contribution in [0.3, 0.4) is 0 Å². The van der Waals surface area contributed by atoms with Gasteiger partial charge in [-0.05, 0) is 12.1 Å². The first-order valence-electron chi connectivity index (χ1n) is 4.01. The quantitative estimate of drug-likeness (QED) is 0.649. The van der Waals surface area contributed by atoms with Gasteiger partial charge < -0.3 is 9.47 Å². The third-order valence-corrected chi connectivity index (χ3v) is 2.09. The summed E-state index contributed by atoms with van der Waals surface area (Å²) in [6, 6.07) is 3.59. The molecule has 0 unspecified atom stereocenters. The Labute approximate surface area is 94.6 Å². The van der Waals surface area contributed by atoms with E-state index in [1.165, 1.54) is 12.1 Å². The lowest BCUT2D eigenvalue weighted by atomic mass is 10.2. The second-order valence-electron chi connectivity index (χ2n) is 2.69. The van der Waals surface area contributed by atoms with E-state index >= 15 is 0 Å². The molecule has 0 aliphatic carbocycles. The van der Waals surface area contributed by atoms with Gasteiger partial charge in [0, 0.05) is 0 Å². The highest BCUT2D eigenvalue weighted by molar-refractivity contribution is 7.80. The average molecular weight is 252 g/mol. The van der Waals surface area contributed by atoms with Crippen LogP contribution in [0.4, 0.5) is 13.2 Å². The van der Waals surface area contributed by atoms with Gasteiger partial charge in [-0.25, -0.2) is 4.79 Å². The van der Waals surface area contributed by atoms with Crippen molar-refractivity contribution in [2.24, 2.45) is 0 Å². The Morgan fingerprint density at radius 2 is 2.00 bits per heavy atom. The fourth-order valence-electron chi connectivity index (χ4n) is 1.00. The van der Waals surface area contributed by atoms with E-state index < -0.39 is 18.1 Å². The lowest BCUT2D eigenvalue weighted by Gasteiger charge is -2.12. The van der Waals surface area contributed by atoms with Crippen molar-refractivity contribution in [3.05, 3.63) is 23.8 Å². The monoisotopic (exact) mass is 252 g/mol. The Balaban J connectivity index is 3.09. The van der Waals surface area contributed by atoms with Crippen LogP contribution >= 0.6 is 12.6 Å². The smallest absolute Gasteiger partial charge is 0.465 e. The molecule has 3 nitrogen and oxygen atoms in total. The summed E-state index contributed by atoms with van der Waals surface area (Å²) in [5.74, 6) is -1.32. The molecule has 88 valence electrons. The van der Waals surface area contributed by atoms with Crippen molar-refractivity contribution >= 4 is 18.6 Å². The number of benzene rings is 1. The van der Waals surface area contributed by atoms with Crippen LogP contribution in [0.5, 0.6) is 5.75 Å². The van der Waals surface area contributed by atoms with Crippen LogP contribution in [-0.4, -0.2) is 19.4 Å². The van der Waals surface area contributed by atoms with Crippen LogP contribution in [0.2, 0.25) is 0 Å². The predicted molar refractivity (Wildman–Crippen MR) is 51.7 cm³/mol. The van der Waals surface area contributed by atoms with Crippen LogP contribution in [0.1, 0.15) is 10.4 Å². The van der Waals surface area contributed by atoms with Gasteiger partial charge >= 0.3 is 12.3 Å². The van der Waals surface area contributed by atoms with Gasteiger partial charge in [-0.2, -0.15) is 0 Å². The van der Waals surface area contributed by atoms with Gasteiger partial charge in [-0.1, -0.05) is 6.07 Å². The minimum atomic E-state index is -4.83. The molecule has 16 heavy (non-hydrogen) atoms. The van der Waals surface area contributed by atoms with E-state index in [2.05, 4.69) is 22.1 Å². The molecule has 1 aromatic carbocycles. The molecule has 1 aromatic rings. The molecule has 0 radical (unpaired) electrons. The Kier molecular flexibility index (Phi) is 3.69. The van der Waals surface area contributed by atoms with Crippen molar-refractivity contribution < 1.29 is 27.4 Å². The van der Waals surface area contributed by atoms with Crippen LogP contribution in [0.15, 0.2) is 23.1 Å². The van der Waals surface area contributed by atoms with E-state index in [0.29, 0.717) is 0 Å². The maximum Gasteiger partial charge on any atom is 0.573 e. The van der Waals surface area contributed by atoms with Gasteiger partial charge in [-0.3, -0.25) is 0 Å². The summed E-state index contributed by atoms with van der Waals surface area (Å²) in [5, 5.41) is 0. The first kappa shape index (κ1) is 12.7. The number of methoxy groups -OCH3 is 1. The summed E-state index contributed by atoms with van der Waals surface area (Å²) >= 11 is 3.79. The molecule has 0 atom stereocenters. The number of thiol groups is 1. The maximum atomic E-state index is 12.0. The number of ether oxygens (including phenoxy) is 2. The highest BCUT2D eigenvalue weighted by Gasteiger charge is 2.32. The van der Waals surface area contributed by atoms with Crippen LogP contribution < -0.4 is 4.74 Å². The van der Waals surface area contributed by atoms with Crippen molar-refractivity contribution in [2.45, 2.75) is 11.3 Å². The molecule has 7 heteroatoms. The Bertz CT molecular complexity index is 403. The molecule has 0 heterocycles. The third kappa shape index (κ3) is 3.06. The highest BCUT2D eigenvalue weighted by Crippen LogP contribution is 2.31. The fourth-order valence-corrected chi connectivity index (χ4v) is 1.29. The molecule has 0 spiro atoms. The van der Waals surface area contributed by atoms with Crippen molar-refractivity contribution in [1.29, 1.82) is 0 Å². The Morgan fingerprint density at radius 3 is 2.50 bits per heavy atom. The van der Waals surface area contributed by atoms with E-state index in [9.17, 15) is 18.0 Å². The summed E-state index contributed by atoms with van der Waals surface area (Å²) < 4.78 is 44.0. The topological polar surface area (TPSA) is 35.5 Å². The van der Waals surface area contributed by atoms with E-state index in [0.717, 1.165) is 13.2 Å². The molecular weight excluding hydrogens is 245 g/mol. The van der Waals surface area contributed by atoms with Gasteiger partial charge in [0.25, 0.3) is 0 Å². The summed E-state index contributed by atoms with van der Waals surface area (Å²) in [6.45, 7) is 0. The molecule has 0 bridgehead atoms. The highest BCUT2D eigenvalue weighted by atomic mass is 32.1. The first-order chi connectivity index (χ1) is 7.35. The van der Waals surface area contributed by atoms with Gasteiger partial charge in [0.15, 0.2) is 0 Å². The van der Waals surface area contributed by atoms with Gasteiger partial charge in [0.05, 0.1) is 17.6 Å². The maximum absolute atomic E-state index is 12.0. The van der Waals surface area contributed by atoms with E-state index in [1.807, 2.05) is 0 Å². The molecular formula is C9H7F3O3S. The van der Waals surface area contributed by atoms with Crippen LogP contribution in [0, 0.1) is 0 Å². The zero-order valence-corrected chi connectivity index (χ0v) is 8.93. The molecule has 0 N–H and O–H groups in total. The van der Waals surface area contributed by atoms with Crippen molar-refractivity contribution in [3.63, 3.8) is 0 Å². The minimum Gasteiger partial charge on any atom is -0.465 e. The molecule has 0 aromatic heterocycles. The number of hydrogen-bond donors (Lipinski definition) is 1. The number of halogens is 3. The SMILES string of the molecule is COC(=O)c1cccc(OC(F)(F)F)c1S. The van der Waals surface area contributed by atoms with Gasteiger partial charge in [0.1, 0.15) is 5.75 Å². The predicted octanol–water partition coefficient (Wildman–Crippen LogP) is 2.66. The number of alkyl halides is 3. The van der Waals surface area contributed by atoms with Gasteiger partial charge in [-0.15, -0.1) is 25.8 Å². The van der Waals surface area contributed by atoms with E-state index in [4.69, 9.17) is 0 Å². The second-order valence-corrected chi connectivity index (χ2v) is 3.14. The van der Waals surface area contributed by atoms with E-state index in [1.54, 1.807) is 0 Å². The van der Waals surface area contributed by atoms with E-state index in [-0.39, 0.29) is 10.5 Å². The number of hydrogen-bond acceptors (Lipinski definition) is 4. The van der Waals surface area contributed by atoms with Crippen LogP contribution in [0.25, 0.3) is 0 Å². The normalized spacial score (nSPS) is 11.1. The molecule has 0 amide bonds. The summed E-state index contributed by atoms with van der Waals surface area (Å²) in [5.41, 5.74) is -0.0902. The molecule has 1 rings (SSSR count). The number of carbonyl (C=O) groups is 1. The number of rotatable bonds is 2. The molecule has 0 fully saturated rings. The third-order valence-electron chi connectivity index (χ3n) is 1.63. The lowest BCUT2D eigenvalue weighted by molar-refractivity contribution is -0.275. The fraction of sp³-hybridized carbons (Fsp3) is 0.222. The standard InChI is InChI=1S/C9H7F3O3S/c1-14-8(13)5-3-2-4-6(7(5)16)15-9(10,11)12/h2-4,16H,1H3. The van der Waals surface area contributed by atoms with Crippen molar-refractivity contribution in [2.75, 3.05) is 7.11 Å². The zero-order valence-electron chi connectivity index (χ0n) is 8.04. The summed E-state index contributed by atoms with van der Waals surface area (Å²) in [4.78, 5) is 10.9. The number of esters is 1. The van der Waals surface area contributed by atoms with Crippen molar-refractivity contribution in [3.8, 4) is 5.75 Å². The minimum absolute atomic E-state index is 0.0902. The molecule has 0 saturated carbocycles. The summed E-state index contributed by atoms with van der Waals surface area (Å²) in [7, 11) is 1.12. The lowest BCUT2D eigenvalue weighted by Crippen LogP contribution is -2.18. The first-order valence-corrected chi connectivity index (χ1v) is 4.46. The second kappa shape index (κ2) is 4.65. The molecule has 0 aliphatic rings. The average Bonchev–Trinajstić information content (AvgIpc) is 2.18. The number of carbonyl (C=O) groups excluding carboxylic acids is 1. The molecule has 0 saturated heterocycles. The van der Waals surface area contributed by atoms with Crippen LogP contribution in [-0.2, 0) is 4.74 Å². The molecule has 0 aliphatic heterocycles. The summed E-state index contributed by atoms with van der Waals surface area (Å²) in [6.07, 6.45) is -4.83.